The highest BCUT2D eigenvalue weighted by atomic mass is 28.3. The molecule has 1 atom stereocenters. The number of ether oxygens (including phenoxy) is 1. The van der Waals surface area contributed by atoms with Crippen molar-refractivity contribution in [2.75, 3.05) is 26.0 Å². The zero-order chi connectivity index (χ0) is 35.0. The van der Waals surface area contributed by atoms with Gasteiger partial charge in [0.2, 0.25) is 0 Å². The zero-order valence-corrected chi connectivity index (χ0v) is 29.9. The first-order valence-electron chi connectivity index (χ1n) is 16.2. The second kappa shape index (κ2) is 13.3. The van der Waals surface area contributed by atoms with Crippen molar-refractivity contribution >= 4 is 36.3 Å². The van der Waals surface area contributed by atoms with Gasteiger partial charge in [0.1, 0.15) is 35.8 Å². The molecule has 0 aliphatic rings. The molecule has 254 valence electrons. The largest absolute Gasteiger partial charge is 0.508 e. The zero-order valence-electron chi connectivity index (χ0n) is 28.9. The van der Waals surface area contributed by atoms with Crippen molar-refractivity contribution in [3.8, 4) is 22.6 Å². The molecular formula is C36H42N8O4Si. The first-order chi connectivity index (χ1) is 23.3. The molecule has 2 aromatic carbocycles. The number of fused-ring (bicyclic) bond motifs is 2. The maximum atomic E-state index is 14.0. The van der Waals surface area contributed by atoms with Crippen molar-refractivity contribution in [3.05, 3.63) is 101 Å². The summed E-state index contributed by atoms with van der Waals surface area (Å²) in [6.45, 7) is 11.6. The van der Waals surface area contributed by atoms with E-state index in [1.165, 1.54) is 17.3 Å². The number of hydrogen-bond acceptors (Lipinski definition) is 8. The molecule has 0 bridgehead atoms. The van der Waals surface area contributed by atoms with Crippen LogP contribution in [0.3, 0.4) is 0 Å². The summed E-state index contributed by atoms with van der Waals surface area (Å²) >= 11 is 0. The number of aromatic hydroxyl groups is 1. The van der Waals surface area contributed by atoms with Gasteiger partial charge in [-0.2, -0.15) is 5.10 Å². The van der Waals surface area contributed by atoms with Crippen molar-refractivity contribution in [1.29, 1.82) is 0 Å². The van der Waals surface area contributed by atoms with Crippen LogP contribution in [0.5, 0.6) is 5.75 Å². The summed E-state index contributed by atoms with van der Waals surface area (Å²) in [6.07, 6.45) is 5.18. The fourth-order valence-electron chi connectivity index (χ4n) is 5.85. The second-order valence-corrected chi connectivity index (χ2v) is 19.4. The molecular weight excluding hydrogens is 637 g/mol. The van der Waals surface area contributed by atoms with E-state index in [4.69, 9.17) is 9.84 Å². The van der Waals surface area contributed by atoms with Gasteiger partial charge in [0, 0.05) is 52.3 Å². The number of para-hydroxylation sites is 1. The number of hydrogen-bond donors (Lipinski definition) is 2. The number of phenols is 1. The Balaban J connectivity index is 1.48. The lowest BCUT2D eigenvalue weighted by atomic mass is 10.0. The van der Waals surface area contributed by atoms with E-state index in [0.29, 0.717) is 57.2 Å². The summed E-state index contributed by atoms with van der Waals surface area (Å²) in [7, 11) is 2.03. The number of phenolic OH excluding ortho intramolecular Hbond substituents is 1. The molecule has 0 spiro atoms. The number of amides is 1. The number of aryl methyl sites for hydroxylation is 1. The van der Waals surface area contributed by atoms with Crippen LogP contribution in [0.15, 0.2) is 78.1 Å². The van der Waals surface area contributed by atoms with Gasteiger partial charge in [0.15, 0.2) is 5.82 Å². The molecule has 4 heterocycles. The van der Waals surface area contributed by atoms with Gasteiger partial charge in [0.05, 0.1) is 17.1 Å². The van der Waals surface area contributed by atoms with E-state index in [1.807, 2.05) is 61.0 Å². The Kier molecular flexibility index (Phi) is 9.14. The first-order valence-corrected chi connectivity index (χ1v) is 19.9. The summed E-state index contributed by atoms with van der Waals surface area (Å²) in [5, 5.41) is 19.8. The lowest BCUT2D eigenvalue weighted by Crippen LogP contribution is -2.29. The summed E-state index contributed by atoms with van der Waals surface area (Å²) in [5.74, 6) is 0.702. The van der Waals surface area contributed by atoms with E-state index in [-0.39, 0.29) is 23.9 Å². The molecule has 0 aliphatic heterocycles. The van der Waals surface area contributed by atoms with E-state index >= 15 is 0 Å². The summed E-state index contributed by atoms with van der Waals surface area (Å²) in [6, 6.07) is 16.7. The minimum absolute atomic E-state index is 0.0406. The number of carbonyl (C=O) groups is 1. The van der Waals surface area contributed by atoms with Gasteiger partial charge in [-0.15, -0.1) is 0 Å². The highest BCUT2D eigenvalue weighted by Crippen LogP contribution is 2.37. The highest BCUT2D eigenvalue weighted by Gasteiger charge is 2.24. The van der Waals surface area contributed by atoms with Crippen molar-refractivity contribution in [3.63, 3.8) is 0 Å². The molecule has 0 saturated carbocycles. The molecule has 13 heteroatoms. The number of aromatic nitrogens is 6. The van der Waals surface area contributed by atoms with Gasteiger partial charge in [-0.05, 0) is 67.4 Å². The van der Waals surface area contributed by atoms with Crippen LogP contribution < -0.4 is 10.9 Å². The van der Waals surface area contributed by atoms with E-state index < -0.39 is 14.1 Å². The average molecular weight is 679 g/mol. The van der Waals surface area contributed by atoms with E-state index in [0.717, 1.165) is 11.6 Å². The Labute approximate surface area is 285 Å². The number of anilines is 1. The molecule has 4 aromatic heterocycles. The number of nitrogens with zero attached hydrogens (tertiary/aromatic N) is 7. The lowest BCUT2D eigenvalue weighted by molar-refractivity contribution is 0.0827. The number of benzene rings is 2. The maximum Gasteiger partial charge on any atom is 0.282 e. The van der Waals surface area contributed by atoms with Crippen molar-refractivity contribution in [2.24, 2.45) is 0 Å². The number of rotatable bonds is 11. The van der Waals surface area contributed by atoms with Crippen LogP contribution >= 0.6 is 0 Å². The van der Waals surface area contributed by atoms with Gasteiger partial charge in [-0.3, -0.25) is 14.2 Å². The van der Waals surface area contributed by atoms with Crippen LogP contribution in [0.4, 0.5) is 5.82 Å². The van der Waals surface area contributed by atoms with Gasteiger partial charge < -0.3 is 24.6 Å². The SMILES string of the molecule is Cc1ccn2nc(C(C)Nc3ncnc4c3c(-c3cc(O)cc(C(=O)N(C)C)c3)cn4COCC[Si](C)(C)C)n(-c3ccccc3)c(=O)c12. The van der Waals surface area contributed by atoms with Crippen molar-refractivity contribution in [2.45, 2.75) is 52.3 Å². The van der Waals surface area contributed by atoms with E-state index in [9.17, 15) is 14.7 Å². The van der Waals surface area contributed by atoms with Crippen LogP contribution in [-0.2, 0) is 11.5 Å². The van der Waals surface area contributed by atoms with E-state index in [1.54, 1.807) is 41.5 Å². The smallest absolute Gasteiger partial charge is 0.282 e. The minimum Gasteiger partial charge on any atom is -0.508 e. The molecule has 0 saturated heterocycles. The molecule has 49 heavy (non-hydrogen) atoms. The van der Waals surface area contributed by atoms with Gasteiger partial charge in [-0.25, -0.2) is 14.5 Å². The van der Waals surface area contributed by atoms with Gasteiger partial charge in [-0.1, -0.05) is 37.8 Å². The summed E-state index contributed by atoms with van der Waals surface area (Å²) < 4.78 is 11.3. The Morgan fingerprint density at radius 1 is 1.08 bits per heavy atom. The Morgan fingerprint density at radius 2 is 1.84 bits per heavy atom. The lowest BCUT2D eigenvalue weighted by Gasteiger charge is -2.20. The van der Waals surface area contributed by atoms with Crippen LogP contribution in [-0.4, -0.2) is 73.4 Å². The fourth-order valence-corrected chi connectivity index (χ4v) is 6.60. The minimum atomic E-state index is -1.30. The Bertz CT molecular complexity index is 2220. The predicted octanol–water partition coefficient (Wildman–Crippen LogP) is 6.10. The predicted molar refractivity (Wildman–Crippen MR) is 194 cm³/mol. The monoisotopic (exact) mass is 678 g/mol. The van der Waals surface area contributed by atoms with E-state index in [2.05, 4.69) is 34.9 Å². The van der Waals surface area contributed by atoms with Crippen LogP contribution in [0.25, 0.3) is 33.4 Å². The number of carbonyl (C=O) groups excluding carboxylic acids is 1. The Morgan fingerprint density at radius 3 is 2.55 bits per heavy atom. The standard InChI is InChI=1S/C36H42N8O4Si/c1-23-13-14-43-31(23)36(47)44(27-11-9-8-10-12-27)33(40-43)24(2)39-32-30-29(25-17-26(19-28(45)18-25)35(46)41(3)4)20-42(34(30)38-21-37-32)22-48-15-16-49(5,6)7/h8-14,17-21,24,45H,15-16,22H2,1-7H3,(H,37,38,39). The topological polar surface area (TPSA) is 132 Å². The molecule has 0 fully saturated rings. The molecule has 0 aliphatic carbocycles. The molecule has 0 radical (unpaired) electrons. The number of nitrogens with one attached hydrogen (secondary N) is 1. The molecule has 12 nitrogen and oxygen atoms in total. The van der Waals surface area contributed by atoms with Crippen LogP contribution in [0, 0.1) is 6.92 Å². The maximum absolute atomic E-state index is 14.0. The quantitative estimate of drug-likeness (QED) is 0.124. The molecule has 6 rings (SSSR count). The molecule has 6 aromatic rings. The fraction of sp³-hybridized carbons (Fsp3) is 0.306. The second-order valence-electron chi connectivity index (χ2n) is 13.7. The van der Waals surface area contributed by atoms with Crippen molar-refractivity contribution < 1.29 is 14.6 Å². The summed E-state index contributed by atoms with van der Waals surface area (Å²) in [4.78, 5) is 37.7. The molecule has 2 N–H and O–H groups in total. The molecule has 1 unspecified atom stereocenters. The van der Waals surface area contributed by atoms with Gasteiger partial charge in [0.25, 0.3) is 11.5 Å². The average Bonchev–Trinajstić information content (AvgIpc) is 3.63. The highest BCUT2D eigenvalue weighted by molar-refractivity contribution is 6.76. The van der Waals surface area contributed by atoms with Crippen molar-refractivity contribution in [1.82, 2.24) is 33.6 Å². The normalized spacial score (nSPS) is 12.5. The Hall–Kier alpha value is -5.27. The van der Waals surface area contributed by atoms with Crippen LogP contribution in [0.1, 0.15) is 34.7 Å². The van der Waals surface area contributed by atoms with Gasteiger partial charge >= 0.3 is 0 Å². The van der Waals surface area contributed by atoms with Crippen LogP contribution in [0.2, 0.25) is 25.7 Å². The third-order valence-electron chi connectivity index (χ3n) is 8.43. The third kappa shape index (κ3) is 6.85. The summed E-state index contributed by atoms with van der Waals surface area (Å²) in [5.41, 5.74) is 4.13. The third-order valence-corrected chi connectivity index (χ3v) is 10.1. The molecule has 1 amide bonds. The first kappa shape index (κ1) is 33.6.